The molecular formula is C18H40Fe. The molecule has 2 fully saturated rings. The standard InChI is InChI=1S/C9H18.C5H10.C2H6.2CH3.Fe/c1-7(2)9-6-4-5-8(9)3;1-2-4-5-3-1;1-2;;;/h7-9H,4-6H2,1-3H3;1-5H2;1-2H3;2*1H3;/q;;;2*-1;+2. The van der Waals surface area contributed by atoms with Gasteiger partial charge in [-0.25, -0.2) is 0 Å². The normalized spacial score (nSPS) is 23.7. The summed E-state index contributed by atoms with van der Waals surface area (Å²) in [5.41, 5.74) is 0. The molecule has 0 N–H and O–H groups in total. The summed E-state index contributed by atoms with van der Waals surface area (Å²) < 4.78 is 0. The first-order chi connectivity index (χ1) is 7.72. The number of hydrogen-bond acceptors (Lipinski definition) is 0. The van der Waals surface area contributed by atoms with Crippen molar-refractivity contribution in [3.63, 3.8) is 0 Å². The van der Waals surface area contributed by atoms with Crippen LogP contribution in [0.15, 0.2) is 0 Å². The topological polar surface area (TPSA) is 0 Å². The van der Waals surface area contributed by atoms with Gasteiger partial charge < -0.3 is 14.9 Å². The molecule has 2 unspecified atom stereocenters. The fourth-order valence-corrected chi connectivity index (χ4v) is 3.05. The molecule has 0 bridgehead atoms. The van der Waals surface area contributed by atoms with E-state index in [1.54, 1.807) is 0 Å². The van der Waals surface area contributed by atoms with Gasteiger partial charge in [-0.3, -0.25) is 0 Å². The Morgan fingerprint density at radius 2 is 1.11 bits per heavy atom. The summed E-state index contributed by atoms with van der Waals surface area (Å²) in [6.07, 6.45) is 11.9. The van der Waals surface area contributed by atoms with E-state index in [1.807, 2.05) is 13.8 Å². The van der Waals surface area contributed by atoms with E-state index in [1.165, 1.54) is 51.4 Å². The van der Waals surface area contributed by atoms with Crippen molar-refractivity contribution in [1.29, 1.82) is 0 Å². The second kappa shape index (κ2) is 18.5. The Morgan fingerprint density at radius 3 is 1.26 bits per heavy atom. The van der Waals surface area contributed by atoms with E-state index < -0.39 is 0 Å². The van der Waals surface area contributed by atoms with Gasteiger partial charge in [0.25, 0.3) is 0 Å². The second-order valence-corrected chi connectivity index (χ2v) is 5.58. The molecule has 2 rings (SSSR count). The van der Waals surface area contributed by atoms with Gasteiger partial charge in [0.2, 0.25) is 0 Å². The zero-order valence-corrected chi connectivity index (χ0v) is 15.8. The van der Waals surface area contributed by atoms with Gasteiger partial charge in [0, 0.05) is 0 Å². The van der Waals surface area contributed by atoms with Crippen molar-refractivity contribution >= 4 is 0 Å². The van der Waals surface area contributed by atoms with E-state index in [9.17, 15) is 0 Å². The van der Waals surface area contributed by atoms with Crippen LogP contribution in [-0.4, -0.2) is 0 Å². The first kappa shape index (κ1) is 27.8. The summed E-state index contributed by atoms with van der Waals surface area (Å²) >= 11 is 0. The Hall–Kier alpha value is 0.519. The maximum atomic E-state index is 2.40. The average Bonchev–Trinajstić information content (AvgIpc) is 2.93. The van der Waals surface area contributed by atoms with Crippen LogP contribution in [0.4, 0.5) is 0 Å². The molecule has 0 saturated heterocycles. The van der Waals surface area contributed by atoms with Crippen LogP contribution in [0.25, 0.3) is 0 Å². The van der Waals surface area contributed by atoms with Crippen molar-refractivity contribution in [3.8, 4) is 0 Å². The predicted molar refractivity (Wildman–Crippen MR) is 88.6 cm³/mol. The first-order valence-electron chi connectivity index (χ1n) is 7.72. The molecule has 0 amide bonds. The summed E-state index contributed by atoms with van der Waals surface area (Å²) in [7, 11) is 0. The fourth-order valence-electron chi connectivity index (χ4n) is 3.05. The van der Waals surface area contributed by atoms with Crippen molar-refractivity contribution < 1.29 is 17.1 Å². The zero-order chi connectivity index (χ0) is 12.4. The molecule has 0 heterocycles. The maximum Gasteiger partial charge on any atom is 2.00 e. The molecule has 2 atom stereocenters. The zero-order valence-electron chi connectivity index (χ0n) is 14.7. The average molecular weight is 312 g/mol. The summed E-state index contributed by atoms with van der Waals surface area (Å²) in [5.74, 6) is 2.96. The Bertz CT molecular complexity index is 131. The Morgan fingerprint density at radius 1 is 0.737 bits per heavy atom. The minimum atomic E-state index is 0. The van der Waals surface area contributed by atoms with Crippen LogP contribution >= 0.6 is 0 Å². The summed E-state index contributed by atoms with van der Waals surface area (Å²) in [6.45, 7) is 11.1. The van der Waals surface area contributed by atoms with Gasteiger partial charge in [0.15, 0.2) is 0 Å². The van der Waals surface area contributed by atoms with Crippen molar-refractivity contribution in [3.05, 3.63) is 14.9 Å². The molecule has 0 aromatic rings. The quantitative estimate of drug-likeness (QED) is 0.363. The third-order valence-electron chi connectivity index (χ3n) is 4.03. The van der Waals surface area contributed by atoms with Crippen LogP contribution in [0.1, 0.15) is 86.0 Å². The number of hydrogen-bond donors (Lipinski definition) is 0. The van der Waals surface area contributed by atoms with Crippen LogP contribution in [0.2, 0.25) is 0 Å². The molecule has 2 saturated carbocycles. The van der Waals surface area contributed by atoms with Crippen molar-refractivity contribution in [2.45, 2.75) is 86.0 Å². The van der Waals surface area contributed by atoms with Crippen LogP contribution in [-0.2, 0) is 17.1 Å². The SMILES string of the molecule is C1CCCC1.CC.CC(C)C1CCCC1C.[CH3-].[CH3-].[Fe+2]. The Kier molecular flexibility index (Phi) is 27.1. The van der Waals surface area contributed by atoms with E-state index in [4.69, 9.17) is 0 Å². The molecular weight excluding hydrogens is 272 g/mol. The van der Waals surface area contributed by atoms with Crippen molar-refractivity contribution in [2.75, 3.05) is 0 Å². The van der Waals surface area contributed by atoms with Crippen molar-refractivity contribution in [2.24, 2.45) is 17.8 Å². The molecule has 0 aromatic heterocycles. The van der Waals surface area contributed by atoms with Gasteiger partial charge in [0.05, 0.1) is 0 Å². The molecule has 120 valence electrons. The van der Waals surface area contributed by atoms with Crippen LogP contribution < -0.4 is 0 Å². The van der Waals surface area contributed by atoms with Gasteiger partial charge in [-0.05, 0) is 24.2 Å². The van der Waals surface area contributed by atoms with Crippen LogP contribution in [0.5, 0.6) is 0 Å². The Labute approximate surface area is 136 Å². The first-order valence-corrected chi connectivity index (χ1v) is 7.72. The van der Waals surface area contributed by atoms with Gasteiger partial charge in [-0.1, -0.05) is 79.6 Å². The summed E-state index contributed by atoms with van der Waals surface area (Å²) in [5, 5.41) is 0. The van der Waals surface area contributed by atoms with Gasteiger partial charge in [-0.2, -0.15) is 0 Å². The third kappa shape index (κ3) is 13.3. The van der Waals surface area contributed by atoms with E-state index in [0.717, 1.165) is 17.8 Å². The second-order valence-electron chi connectivity index (χ2n) is 5.58. The molecule has 19 heavy (non-hydrogen) atoms. The molecule has 2 aliphatic rings. The minimum Gasteiger partial charge on any atom is -0.358 e. The van der Waals surface area contributed by atoms with E-state index in [2.05, 4.69) is 20.8 Å². The smallest absolute Gasteiger partial charge is 0.358 e. The van der Waals surface area contributed by atoms with Gasteiger partial charge >= 0.3 is 17.1 Å². The molecule has 0 aromatic carbocycles. The van der Waals surface area contributed by atoms with Gasteiger partial charge in [-0.15, -0.1) is 0 Å². The van der Waals surface area contributed by atoms with E-state index in [0.29, 0.717) is 0 Å². The fraction of sp³-hybridized carbons (Fsp3) is 0.889. The molecule has 2 aliphatic carbocycles. The molecule has 0 aliphatic heterocycles. The largest absolute Gasteiger partial charge is 2.00 e. The maximum absolute atomic E-state index is 2.40. The molecule has 0 radical (unpaired) electrons. The van der Waals surface area contributed by atoms with Gasteiger partial charge in [0.1, 0.15) is 0 Å². The molecule has 0 nitrogen and oxygen atoms in total. The minimum absolute atomic E-state index is 0. The van der Waals surface area contributed by atoms with Crippen molar-refractivity contribution in [1.82, 2.24) is 0 Å². The van der Waals surface area contributed by atoms with E-state index >= 15 is 0 Å². The van der Waals surface area contributed by atoms with Crippen LogP contribution in [0.3, 0.4) is 0 Å². The number of rotatable bonds is 1. The monoisotopic (exact) mass is 312 g/mol. The summed E-state index contributed by atoms with van der Waals surface area (Å²) in [6, 6.07) is 0. The van der Waals surface area contributed by atoms with E-state index in [-0.39, 0.29) is 31.9 Å². The van der Waals surface area contributed by atoms with Crippen LogP contribution in [0, 0.1) is 32.6 Å². The third-order valence-corrected chi connectivity index (χ3v) is 4.03. The Balaban J connectivity index is -0.0000000987. The predicted octanol–water partition coefficient (Wildman–Crippen LogP) is 6.95. The summed E-state index contributed by atoms with van der Waals surface area (Å²) in [4.78, 5) is 0. The molecule has 1 heteroatoms. The molecule has 0 spiro atoms.